The van der Waals surface area contributed by atoms with Crippen molar-refractivity contribution in [2.45, 2.75) is 17.9 Å². The molecule has 0 aromatic heterocycles. The van der Waals surface area contributed by atoms with Crippen LogP contribution in [0.1, 0.15) is 22.8 Å². The molecule has 1 unspecified atom stereocenters. The van der Waals surface area contributed by atoms with Crippen molar-refractivity contribution in [2.75, 3.05) is 20.6 Å². The maximum absolute atomic E-state index is 12.9. The summed E-state index contributed by atoms with van der Waals surface area (Å²) in [6, 6.07) is 18.3. The Morgan fingerprint density at radius 1 is 1.08 bits per heavy atom. The maximum atomic E-state index is 12.9. The molecule has 0 aliphatic carbocycles. The minimum absolute atomic E-state index is 0.111. The lowest BCUT2D eigenvalue weighted by molar-refractivity contribution is 0.104. The average molecular weight is 338 g/mol. The molecule has 0 bridgehead atoms. The Labute approximate surface area is 147 Å². The molecule has 0 saturated carbocycles. The van der Waals surface area contributed by atoms with Crippen molar-refractivity contribution >= 4 is 23.2 Å². The van der Waals surface area contributed by atoms with Crippen LogP contribution in [0, 0.1) is 0 Å². The summed E-state index contributed by atoms with van der Waals surface area (Å²) in [5.41, 5.74) is 2.77. The second kappa shape index (κ2) is 7.24. The molecule has 0 spiro atoms. The number of ketones is 1. The molecule has 1 aliphatic heterocycles. The SMILES string of the molecule is CC(CNC(=C1Sc2ccccc2C1=O)c1ccccc1)N(C)C. The zero-order valence-electron chi connectivity index (χ0n) is 14.2. The standard InChI is InChI=1S/C20H22N2OS/c1-14(22(2)3)13-21-18(15-9-5-4-6-10-15)20-19(23)16-11-7-8-12-17(16)24-20/h4-12,14,21H,13H2,1-3H3. The third-order valence-electron chi connectivity index (χ3n) is 4.30. The molecular formula is C20H22N2OS. The van der Waals surface area contributed by atoms with Crippen LogP contribution in [-0.2, 0) is 0 Å². The van der Waals surface area contributed by atoms with E-state index in [-0.39, 0.29) is 5.78 Å². The Balaban J connectivity index is 1.98. The van der Waals surface area contributed by atoms with Gasteiger partial charge in [-0.05, 0) is 38.7 Å². The smallest absolute Gasteiger partial charge is 0.202 e. The monoisotopic (exact) mass is 338 g/mol. The van der Waals surface area contributed by atoms with E-state index in [9.17, 15) is 4.79 Å². The van der Waals surface area contributed by atoms with Gasteiger partial charge >= 0.3 is 0 Å². The molecule has 1 aliphatic rings. The summed E-state index contributed by atoms with van der Waals surface area (Å²) in [6.45, 7) is 2.95. The molecule has 0 saturated heterocycles. The van der Waals surface area contributed by atoms with Gasteiger partial charge in [-0.2, -0.15) is 0 Å². The van der Waals surface area contributed by atoms with Gasteiger partial charge in [0, 0.05) is 23.0 Å². The van der Waals surface area contributed by atoms with Crippen molar-refractivity contribution in [3.05, 3.63) is 70.6 Å². The van der Waals surface area contributed by atoms with Crippen molar-refractivity contribution in [3.8, 4) is 0 Å². The molecule has 0 fully saturated rings. The van der Waals surface area contributed by atoms with Gasteiger partial charge in [0.25, 0.3) is 0 Å². The van der Waals surface area contributed by atoms with E-state index in [1.807, 2.05) is 54.6 Å². The van der Waals surface area contributed by atoms with E-state index in [1.54, 1.807) is 11.8 Å². The van der Waals surface area contributed by atoms with Crippen LogP contribution in [0.4, 0.5) is 0 Å². The number of Topliss-reactive ketones (excluding diaryl/α,β-unsaturated/α-hetero) is 1. The van der Waals surface area contributed by atoms with E-state index in [0.717, 1.165) is 33.2 Å². The van der Waals surface area contributed by atoms with Gasteiger partial charge in [0.1, 0.15) is 0 Å². The fourth-order valence-electron chi connectivity index (χ4n) is 2.54. The van der Waals surface area contributed by atoms with Crippen molar-refractivity contribution in [1.29, 1.82) is 0 Å². The minimum Gasteiger partial charge on any atom is -0.382 e. The first-order chi connectivity index (χ1) is 11.6. The number of rotatable bonds is 5. The summed E-state index contributed by atoms with van der Waals surface area (Å²) in [6.07, 6.45) is 0. The fraction of sp³-hybridized carbons (Fsp3) is 0.250. The Morgan fingerprint density at radius 3 is 2.42 bits per heavy atom. The van der Waals surface area contributed by atoms with Gasteiger partial charge in [0.05, 0.1) is 10.6 Å². The van der Waals surface area contributed by atoms with Crippen LogP contribution >= 0.6 is 11.8 Å². The Morgan fingerprint density at radius 2 is 1.75 bits per heavy atom. The molecule has 3 rings (SSSR count). The van der Waals surface area contributed by atoms with Gasteiger partial charge in [0.15, 0.2) is 0 Å². The number of likely N-dealkylation sites (N-methyl/N-ethyl adjacent to an activating group) is 1. The van der Waals surface area contributed by atoms with E-state index < -0.39 is 0 Å². The van der Waals surface area contributed by atoms with Gasteiger partial charge in [0.2, 0.25) is 5.78 Å². The largest absolute Gasteiger partial charge is 0.382 e. The van der Waals surface area contributed by atoms with Gasteiger partial charge in [-0.25, -0.2) is 0 Å². The van der Waals surface area contributed by atoms with Crippen LogP contribution in [0.3, 0.4) is 0 Å². The van der Waals surface area contributed by atoms with Crippen molar-refractivity contribution < 1.29 is 4.79 Å². The van der Waals surface area contributed by atoms with Crippen molar-refractivity contribution in [3.63, 3.8) is 0 Å². The third-order valence-corrected chi connectivity index (χ3v) is 5.46. The number of carbonyl (C=O) groups is 1. The summed E-state index contributed by atoms with van der Waals surface area (Å²) in [5, 5.41) is 3.52. The molecule has 1 N–H and O–H groups in total. The molecule has 1 heterocycles. The van der Waals surface area contributed by atoms with Gasteiger partial charge in [-0.15, -0.1) is 0 Å². The highest BCUT2D eigenvalue weighted by Gasteiger charge is 2.29. The Kier molecular flexibility index (Phi) is 5.07. The molecule has 124 valence electrons. The Hall–Kier alpha value is -2.04. The van der Waals surface area contributed by atoms with Gasteiger partial charge in [-0.3, -0.25) is 4.79 Å². The molecule has 2 aromatic rings. The van der Waals surface area contributed by atoms with E-state index in [2.05, 4.69) is 31.2 Å². The number of hydrogen-bond acceptors (Lipinski definition) is 4. The number of thioether (sulfide) groups is 1. The second-order valence-corrected chi connectivity index (χ2v) is 7.24. The minimum atomic E-state index is 0.111. The van der Waals surface area contributed by atoms with Crippen molar-refractivity contribution in [1.82, 2.24) is 10.2 Å². The normalized spacial score (nSPS) is 16.9. The summed E-state index contributed by atoms with van der Waals surface area (Å²) in [7, 11) is 4.13. The quantitative estimate of drug-likeness (QED) is 0.839. The highest BCUT2D eigenvalue weighted by molar-refractivity contribution is 8.05. The van der Waals surface area contributed by atoms with E-state index >= 15 is 0 Å². The first kappa shape index (κ1) is 16.8. The summed E-state index contributed by atoms with van der Waals surface area (Å²) < 4.78 is 0. The second-order valence-electron chi connectivity index (χ2n) is 6.19. The number of nitrogens with zero attached hydrogens (tertiary/aromatic N) is 1. The first-order valence-electron chi connectivity index (χ1n) is 8.09. The molecule has 2 aromatic carbocycles. The zero-order valence-corrected chi connectivity index (χ0v) is 15.1. The third kappa shape index (κ3) is 3.40. The van der Waals surface area contributed by atoms with Crippen LogP contribution < -0.4 is 5.32 Å². The Bertz CT molecular complexity index is 768. The summed E-state index contributed by atoms with van der Waals surface area (Å²) in [5.74, 6) is 0.111. The highest BCUT2D eigenvalue weighted by Crippen LogP contribution is 2.42. The number of nitrogens with one attached hydrogen (secondary N) is 1. The highest BCUT2D eigenvalue weighted by atomic mass is 32.2. The fourth-order valence-corrected chi connectivity index (χ4v) is 3.67. The molecular weight excluding hydrogens is 316 g/mol. The lowest BCUT2D eigenvalue weighted by Gasteiger charge is -2.22. The summed E-state index contributed by atoms with van der Waals surface area (Å²) >= 11 is 1.56. The van der Waals surface area contributed by atoms with Gasteiger partial charge < -0.3 is 10.2 Å². The number of fused-ring (bicyclic) bond motifs is 1. The molecule has 24 heavy (non-hydrogen) atoms. The van der Waals surface area contributed by atoms with Crippen LogP contribution in [0.2, 0.25) is 0 Å². The zero-order chi connectivity index (χ0) is 17.1. The van der Waals surface area contributed by atoms with Crippen LogP contribution in [-0.4, -0.2) is 37.4 Å². The molecule has 0 amide bonds. The van der Waals surface area contributed by atoms with Gasteiger partial charge in [-0.1, -0.05) is 54.2 Å². The number of benzene rings is 2. The predicted molar refractivity (Wildman–Crippen MR) is 101 cm³/mol. The predicted octanol–water partition coefficient (Wildman–Crippen LogP) is 3.88. The topological polar surface area (TPSA) is 32.3 Å². The first-order valence-corrected chi connectivity index (χ1v) is 8.91. The van der Waals surface area contributed by atoms with Crippen LogP contribution in [0.15, 0.2) is 64.4 Å². The number of carbonyl (C=O) groups excluding carboxylic acids is 1. The van der Waals surface area contributed by atoms with Crippen LogP contribution in [0.25, 0.3) is 5.70 Å². The molecule has 1 atom stereocenters. The van der Waals surface area contributed by atoms with E-state index in [4.69, 9.17) is 0 Å². The lowest BCUT2D eigenvalue weighted by Crippen LogP contribution is -2.35. The molecule has 0 radical (unpaired) electrons. The van der Waals surface area contributed by atoms with Crippen molar-refractivity contribution in [2.24, 2.45) is 0 Å². The maximum Gasteiger partial charge on any atom is 0.202 e. The average Bonchev–Trinajstić information content (AvgIpc) is 2.93. The lowest BCUT2D eigenvalue weighted by atomic mass is 10.1. The summed E-state index contributed by atoms with van der Waals surface area (Å²) in [4.78, 5) is 16.8. The van der Waals surface area contributed by atoms with E-state index in [0.29, 0.717) is 6.04 Å². The number of allylic oxidation sites excluding steroid dienone is 1. The van der Waals surface area contributed by atoms with E-state index in [1.165, 1.54) is 0 Å². The van der Waals surface area contributed by atoms with Crippen LogP contribution in [0.5, 0.6) is 0 Å². The number of hydrogen-bond donors (Lipinski definition) is 1. The molecule has 4 heteroatoms. The molecule has 3 nitrogen and oxygen atoms in total.